The summed E-state index contributed by atoms with van der Waals surface area (Å²) in [6.07, 6.45) is 2.31. The largest absolute Gasteiger partial charge is 0.303 e. The Morgan fingerprint density at radius 3 is 2.41 bits per heavy atom. The third-order valence-corrected chi connectivity index (χ3v) is 7.18. The summed E-state index contributed by atoms with van der Waals surface area (Å²) in [5.74, 6) is 1.19. The number of fused-ring (bicyclic) bond motifs is 1. The molecule has 0 N–H and O–H groups in total. The van der Waals surface area contributed by atoms with Gasteiger partial charge < -0.3 is 4.90 Å². The van der Waals surface area contributed by atoms with E-state index in [-0.39, 0.29) is 5.56 Å². The minimum atomic E-state index is 0.0324. The zero-order valence-electron chi connectivity index (χ0n) is 19.8. The third kappa shape index (κ3) is 4.66. The third-order valence-electron chi connectivity index (χ3n) is 6.93. The SMILES string of the molecule is CCN1CCCC(Cn2c(-c3ccc(C)cc3)nc3ccc(-c4ccc(Cl)cc4)cc3c2=O)C1. The first kappa shape index (κ1) is 22.8. The first-order chi connectivity index (χ1) is 16.5. The van der Waals surface area contributed by atoms with Crippen LogP contribution in [0.25, 0.3) is 33.4 Å². The van der Waals surface area contributed by atoms with Crippen molar-refractivity contribution in [3.8, 4) is 22.5 Å². The van der Waals surface area contributed by atoms with E-state index in [9.17, 15) is 4.79 Å². The fourth-order valence-corrected chi connectivity index (χ4v) is 5.11. The topological polar surface area (TPSA) is 38.1 Å². The molecule has 0 amide bonds. The number of nitrogens with zero attached hydrogens (tertiary/aromatic N) is 3. The van der Waals surface area contributed by atoms with Crippen molar-refractivity contribution < 1.29 is 0 Å². The molecule has 174 valence electrons. The minimum Gasteiger partial charge on any atom is -0.303 e. The van der Waals surface area contributed by atoms with Crippen LogP contribution in [0.15, 0.2) is 71.5 Å². The second-order valence-corrected chi connectivity index (χ2v) is 9.79. The molecule has 34 heavy (non-hydrogen) atoms. The number of hydrogen-bond donors (Lipinski definition) is 0. The van der Waals surface area contributed by atoms with Gasteiger partial charge in [-0.05, 0) is 74.2 Å². The van der Waals surface area contributed by atoms with E-state index >= 15 is 0 Å². The number of rotatable bonds is 5. The molecule has 1 fully saturated rings. The Hall–Kier alpha value is -2.95. The molecule has 3 aromatic carbocycles. The number of aryl methyl sites for hydroxylation is 1. The molecule has 1 aliphatic heterocycles. The summed E-state index contributed by atoms with van der Waals surface area (Å²) in [5.41, 5.74) is 4.96. The van der Waals surface area contributed by atoms with Gasteiger partial charge in [0.2, 0.25) is 0 Å². The first-order valence-electron chi connectivity index (χ1n) is 12.1. The molecule has 0 saturated carbocycles. The van der Waals surface area contributed by atoms with Crippen LogP contribution in [0.3, 0.4) is 0 Å². The van der Waals surface area contributed by atoms with Crippen LogP contribution in [0.4, 0.5) is 0 Å². The summed E-state index contributed by atoms with van der Waals surface area (Å²) in [4.78, 5) is 21.4. The fourth-order valence-electron chi connectivity index (χ4n) is 4.98. The smallest absolute Gasteiger partial charge is 0.261 e. The molecule has 1 aliphatic rings. The van der Waals surface area contributed by atoms with Gasteiger partial charge in [-0.2, -0.15) is 0 Å². The van der Waals surface area contributed by atoms with Crippen molar-refractivity contribution in [2.24, 2.45) is 5.92 Å². The molecule has 0 bridgehead atoms. The standard InChI is InChI=1S/C29H30ClN3O/c1-3-32-16-4-5-21(18-32)19-33-28(23-8-6-20(2)7-9-23)31-27-15-12-24(17-26(27)29(33)34)22-10-13-25(30)14-11-22/h6-15,17,21H,3-5,16,18-19H2,1-2H3. The van der Waals surface area contributed by atoms with Crippen LogP contribution in [0, 0.1) is 12.8 Å². The van der Waals surface area contributed by atoms with Gasteiger partial charge in [0.15, 0.2) is 0 Å². The summed E-state index contributed by atoms with van der Waals surface area (Å²) in [6.45, 7) is 8.20. The van der Waals surface area contributed by atoms with Crippen LogP contribution >= 0.6 is 11.6 Å². The molecule has 0 spiro atoms. The van der Waals surface area contributed by atoms with E-state index in [2.05, 4.69) is 43.0 Å². The number of aromatic nitrogens is 2. The highest BCUT2D eigenvalue weighted by Crippen LogP contribution is 2.27. The number of hydrogen-bond acceptors (Lipinski definition) is 3. The van der Waals surface area contributed by atoms with Crippen molar-refractivity contribution in [2.75, 3.05) is 19.6 Å². The average molecular weight is 472 g/mol. The average Bonchev–Trinajstić information content (AvgIpc) is 2.86. The Labute approximate surface area is 205 Å². The second kappa shape index (κ2) is 9.73. The number of halogens is 1. The lowest BCUT2D eigenvalue weighted by molar-refractivity contribution is 0.169. The molecule has 0 aliphatic carbocycles. The highest BCUT2D eigenvalue weighted by atomic mass is 35.5. The van der Waals surface area contributed by atoms with Crippen molar-refractivity contribution in [1.82, 2.24) is 14.5 Å². The molecule has 0 radical (unpaired) electrons. The Morgan fingerprint density at radius 2 is 1.68 bits per heavy atom. The van der Waals surface area contributed by atoms with Crippen LogP contribution < -0.4 is 5.56 Å². The molecule has 1 saturated heterocycles. The molecular weight excluding hydrogens is 442 g/mol. The Bertz CT molecular complexity index is 1360. The predicted octanol–water partition coefficient (Wildman–Crippen LogP) is 6.42. The van der Waals surface area contributed by atoms with Crippen molar-refractivity contribution in [3.63, 3.8) is 0 Å². The fraction of sp³-hybridized carbons (Fsp3) is 0.310. The van der Waals surface area contributed by atoms with E-state index in [1.54, 1.807) is 0 Å². The highest BCUT2D eigenvalue weighted by molar-refractivity contribution is 6.30. The lowest BCUT2D eigenvalue weighted by Crippen LogP contribution is -2.38. The van der Waals surface area contributed by atoms with Gasteiger partial charge >= 0.3 is 0 Å². The molecule has 5 heteroatoms. The van der Waals surface area contributed by atoms with Gasteiger partial charge in [0, 0.05) is 23.7 Å². The lowest BCUT2D eigenvalue weighted by Gasteiger charge is -2.32. The number of piperidine rings is 1. The van der Waals surface area contributed by atoms with Crippen molar-refractivity contribution in [3.05, 3.63) is 87.7 Å². The maximum atomic E-state index is 13.9. The second-order valence-electron chi connectivity index (χ2n) is 9.36. The van der Waals surface area contributed by atoms with Crippen molar-refractivity contribution in [2.45, 2.75) is 33.2 Å². The van der Waals surface area contributed by atoms with E-state index in [4.69, 9.17) is 16.6 Å². The molecule has 1 atom stereocenters. The Balaban J connectivity index is 1.63. The maximum absolute atomic E-state index is 13.9. The van der Waals surface area contributed by atoms with E-state index in [1.165, 1.54) is 12.0 Å². The summed E-state index contributed by atoms with van der Waals surface area (Å²) in [7, 11) is 0. The van der Waals surface area contributed by atoms with Gasteiger partial charge in [-0.25, -0.2) is 4.98 Å². The highest BCUT2D eigenvalue weighted by Gasteiger charge is 2.22. The summed E-state index contributed by atoms with van der Waals surface area (Å²) >= 11 is 6.07. The van der Waals surface area contributed by atoms with Crippen LogP contribution in [-0.4, -0.2) is 34.1 Å². The van der Waals surface area contributed by atoms with Crippen LogP contribution in [-0.2, 0) is 6.54 Å². The summed E-state index contributed by atoms with van der Waals surface area (Å²) in [6, 6.07) is 22.0. The van der Waals surface area contributed by atoms with E-state index in [0.29, 0.717) is 22.9 Å². The maximum Gasteiger partial charge on any atom is 0.261 e. The number of benzene rings is 3. The van der Waals surface area contributed by atoms with Crippen LogP contribution in [0.1, 0.15) is 25.3 Å². The Morgan fingerprint density at radius 1 is 0.971 bits per heavy atom. The first-order valence-corrected chi connectivity index (χ1v) is 12.5. The zero-order valence-corrected chi connectivity index (χ0v) is 20.6. The van der Waals surface area contributed by atoms with Crippen LogP contribution in [0.5, 0.6) is 0 Å². The van der Waals surface area contributed by atoms with Gasteiger partial charge in [0.1, 0.15) is 5.82 Å². The molecule has 4 aromatic rings. The molecule has 4 nitrogen and oxygen atoms in total. The van der Waals surface area contributed by atoms with E-state index < -0.39 is 0 Å². The molecule has 1 aromatic heterocycles. The van der Waals surface area contributed by atoms with E-state index in [1.807, 2.05) is 47.0 Å². The Kier molecular flexibility index (Phi) is 6.53. The van der Waals surface area contributed by atoms with Gasteiger partial charge in [0.05, 0.1) is 10.9 Å². The van der Waals surface area contributed by atoms with E-state index in [0.717, 1.165) is 54.1 Å². The molecule has 5 rings (SSSR count). The van der Waals surface area contributed by atoms with Gasteiger partial charge in [-0.15, -0.1) is 0 Å². The zero-order chi connectivity index (χ0) is 23.7. The van der Waals surface area contributed by atoms with Crippen LogP contribution in [0.2, 0.25) is 5.02 Å². The summed E-state index contributed by atoms with van der Waals surface area (Å²) < 4.78 is 1.92. The normalized spacial score (nSPS) is 16.7. The molecular formula is C29H30ClN3O. The lowest BCUT2D eigenvalue weighted by atomic mass is 9.97. The molecule has 2 heterocycles. The molecule has 1 unspecified atom stereocenters. The van der Waals surface area contributed by atoms with Gasteiger partial charge in [-0.3, -0.25) is 9.36 Å². The predicted molar refractivity (Wildman–Crippen MR) is 141 cm³/mol. The quantitative estimate of drug-likeness (QED) is 0.337. The number of likely N-dealkylation sites (tertiary alicyclic amines) is 1. The monoisotopic (exact) mass is 471 g/mol. The van der Waals surface area contributed by atoms with Gasteiger partial charge in [0.25, 0.3) is 5.56 Å². The van der Waals surface area contributed by atoms with Crippen molar-refractivity contribution in [1.29, 1.82) is 0 Å². The van der Waals surface area contributed by atoms with Gasteiger partial charge in [-0.1, -0.05) is 66.6 Å². The minimum absolute atomic E-state index is 0.0324. The summed E-state index contributed by atoms with van der Waals surface area (Å²) in [5, 5.41) is 1.36. The van der Waals surface area contributed by atoms with Crippen molar-refractivity contribution >= 4 is 22.5 Å².